The summed E-state index contributed by atoms with van der Waals surface area (Å²) in [4.78, 5) is 31.9. The van der Waals surface area contributed by atoms with E-state index >= 15 is 0 Å². The topological polar surface area (TPSA) is 111 Å². The zero-order valence-corrected chi connectivity index (χ0v) is 16.0. The number of fused-ring (bicyclic) bond motifs is 1. The molecule has 1 amide bonds. The summed E-state index contributed by atoms with van der Waals surface area (Å²) in [5.74, 6) is 0.0721. The highest BCUT2D eigenvalue weighted by Gasteiger charge is 2.14. The molecular weight excluding hydrogens is 376 g/mol. The highest BCUT2D eigenvalue weighted by molar-refractivity contribution is 7.99. The standard InChI is InChI=1S/C15H16N6O3S2/c1-8-4-9(2)21-13(16-8)19-20-15(21)26-7-11(22)18-14-17-10(6-25-14)5-12(23)24-3/h4,6H,5,7H2,1-3H3,(H,17,18,22). The second-order valence-electron chi connectivity index (χ2n) is 5.39. The van der Waals surface area contributed by atoms with E-state index in [0.29, 0.717) is 21.8 Å². The van der Waals surface area contributed by atoms with Crippen LogP contribution in [0, 0.1) is 13.8 Å². The van der Waals surface area contributed by atoms with E-state index in [1.807, 2.05) is 24.3 Å². The number of esters is 1. The maximum Gasteiger partial charge on any atom is 0.311 e. The van der Waals surface area contributed by atoms with Gasteiger partial charge in [0.2, 0.25) is 5.91 Å². The van der Waals surface area contributed by atoms with Gasteiger partial charge in [-0.25, -0.2) is 9.97 Å². The maximum atomic E-state index is 12.1. The molecule has 0 spiro atoms. The van der Waals surface area contributed by atoms with E-state index in [1.165, 1.54) is 30.2 Å². The molecule has 3 aromatic rings. The molecule has 0 aromatic carbocycles. The number of hydrogen-bond acceptors (Lipinski definition) is 9. The summed E-state index contributed by atoms with van der Waals surface area (Å²) < 4.78 is 6.40. The smallest absolute Gasteiger partial charge is 0.311 e. The lowest BCUT2D eigenvalue weighted by atomic mass is 10.3. The number of nitrogens with zero attached hydrogens (tertiary/aromatic N) is 5. The highest BCUT2D eigenvalue weighted by Crippen LogP contribution is 2.20. The van der Waals surface area contributed by atoms with Crippen molar-refractivity contribution in [3.63, 3.8) is 0 Å². The van der Waals surface area contributed by atoms with Gasteiger partial charge in [0.15, 0.2) is 10.3 Å². The van der Waals surface area contributed by atoms with E-state index in [1.54, 1.807) is 5.38 Å². The molecule has 9 nitrogen and oxygen atoms in total. The van der Waals surface area contributed by atoms with Crippen LogP contribution in [0.3, 0.4) is 0 Å². The molecule has 26 heavy (non-hydrogen) atoms. The Morgan fingerprint density at radius 1 is 1.31 bits per heavy atom. The van der Waals surface area contributed by atoms with Gasteiger partial charge in [0.1, 0.15) is 0 Å². The van der Waals surface area contributed by atoms with Gasteiger partial charge in [-0.1, -0.05) is 11.8 Å². The van der Waals surface area contributed by atoms with Crippen molar-refractivity contribution >= 4 is 45.9 Å². The second-order valence-corrected chi connectivity index (χ2v) is 7.19. The quantitative estimate of drug-likeness (QED) is 0.498. The van der Waals surface area contributed by atoms with Crippen molar-refractivity contribution in [2.45, 2.75) is 25.4 Å². The molecule has 3 rings (SSSR count). The maximum absolute atomic E-state index is 12.1. The Hall–Kier alpha value is -2.53. The average molecular weight is 392 g/mol. The van der Waals surface area contributed by atoms with Gasteiger partial charge in [0, 0.05) is 16.8 Å². The van der Waals surface area contributed by atoms with Crippen LogP contribution in [0.25, 0.3) is 5.78 Å². The largest absolute Gasteiger partial charge is 0.469 e. The molecule has 3 heterocycles. The van der Waals surface area contributed by atoms with Gasteiger partial charge in [-0.3, -0.25) is 14.0 Å². The van der Waals surface area contributed by atoms with Crippen molar-refractivity contribution in [1.82, 2.24) is 24.6 Å². The monoisotopic (exact) mass is 392 g/mol. The van der Waals surface area contributed by atoms with Crippen molar-refractivity contribution in [2.75, 3.05) is 18.2 Å². The number of aryl methyl sites for hydroxylation is 2. The van der Waals surface area contributed by atoms with Crippen molar-refractivity contribution < 1.29 is 14.3 Å². The lowest BCUT2D eigenvalue weighted by molar-refractivity contribution is -0.139. The SMILES string of the molecule is COC(=O)Cc1csc(NC(=O)CSc2nnc3nc(C)cc(C)n23)n1. The Kier molecular flexibility index (Phi) is 5.47. The van der Waals surface area contributed by atoms with E-state index in [-0.39, 0.29) is 24.1 Å². The predicted molar refractivity (Wildman–Crippen MR) is 97.4 cm³/mol. The minimum atomic E-state index is -0.373. The molecule has 0 aliphatic carbocycles. The van der Waals surface area contributed by atoms with Crippen LogP contribution < -0.4 is 5.32 Å². The third kappa shape index (κ3) is 4.17. The first kappa shape index (κ1) is 18.3. The van der Waals surface area contributed by atoms with Crippen molar-refractivity contribution in [3.05, 3.63) is 28.5 Å². The second kappa shape index (κ2) is 7.79. The Morgan fingerprint density at radius 2 is 2.12 bits per heavy atom. The van der Waals surface area contributed by atoms with Gasteiger partial charge < -0.3 is 10.1 Å². The van der Waals surface area contributed by atoms with Crippen LogP contribution in [0.15, 0.2) is 16.6 Å². The Labute approximate surface area is 157 Å². The summed E-state index contributed by atoms with van der Waals surface area (Å²) in [5.41, 5.74) is 2.38. The summed E-state index contributed by atoms with van der Waals surface area (Å²) in [6.07, 6.45) is 0.0784. The molecule has 0 saturated heterocycles. The van der Waals surface area contributed by atoms with E-state index in [2.05, 4.69) is 30.2 Å². The zero-order chi connectivity index (χ0) is 18.7. The molecular formula is C15H16N6O3S2. The molecule has 0 fully saturated rings. The van der Waals surface area contributed by atoms with E-state index < -0.39 is 0 Å². The molecule has 11 heteroatoms. The van der Waals surface area contributed by atoms with Crippen LogP contribution in [0.5, 0.6) is 0 Å². The van der Waals surface area contributed by atoms with Gasteiger partial charge in [-0.15, -0.1) is 21.5 Å². The molecule has 0 radical (unpaired) electrons. The van der Waals surface area contributed by atoms with Crippen molar-refractivity contribution in [2.24, 2.45) is 0 Å². The van der Waals surface area contributed by atoms with Crippen molar-refractivity contribution in [3.8, 4) is 0 Å². The normalized spacial score (nSPS) is 10.9. The van der Waals surface area contributed by atoms with Crippen LogP contribution in [0.1, 0.15) is 17.1 Å². The number of nitrogens with one attached hydrogen (secondary N) is 1. The molecule has 0 bridgehead atoms. The van der Waals surface area contributed by atoms with Gasteiger partial charge >= 0.3 is 5.97 Å². The number of methoxy groups -OCH3 is 1. The van der Waals surface area contributed by atoms with Crippen LogP contribution in [0.2, 0.25) is 0 Å². The molecule has 0 atom stereocenters. The number of carbonyl (C=O) groups excluding carboxylic acids is 2. The lowest BCUT2D eigenvalue weighted by Crippen LogP contribution is -2.14. The number of aromatic nitrogens is 5. The number of rotatable bonds is 6. The third-order valence-corrected chi connectivity index (χ3v) is 5.08. The fourth-order valence-corrected chi connectivity index (χ4v) is 3.76. The van der Waals surface area contributed by atoms with Gasteiger partial charge in [-0.05, 0) is 19.9 Å². The third-order valence-electron chi connectivity index (χ3n) is 3.35. The minimum Gasteiger partial charge on any atom is -0.469 e. The van der Waals surface area contributed by atoms with Crippen LogP contribution in [-0.4, -0.2) is 49.3 Å². The Morgan fingerprint density at radius 3 is 2.88 bits per heavy atom. The summed E-state index contributed by atoms with van der Waals surface area (Å²) in [7, 11) is 1.32. The Bertz CT molecular complexity index is 968. The lowest BCUT2D eigenvalue weighted by Gasteiger charge is -2.04. The zero-order valence-electron chi connectivity index (χ0n) is 14.3. The molecule has 1 N–H and O–H groups in total. The molecule has 0 aliphatic heterocycles. The van der Waals surface area contributed by atoms with Gasteiger partial charge in [0.05, 0.1) is 25.0 Å². The first-order valence-electron chi connectivity index (χ1n) is 7.59. The van der Waals surface area contributed by atoms with Gasteiger partial charge in [-0.2, -0.15) is 0 Å². The van der Waals surface area contributed by atoms with E-state index in [9.17, 15) is 9.59 Å². The molecule has 3 aromatic heterocycles. The summed E-state index contributed by atoms with van der Waals surface area (Å²) in [6.45, 7) is 3.83. The fourth-order valence-electron chi connectivity index (χ4n) is 2.24. The van der Waals surface area contributed by atoms with Gasteiger partial charge in [0.25, 0.3) is 5.78 Å². The summed E-state index contributed by atoms with van der Waals surface area (Å²) in [6, 6.07) is 1.93. The Balaban J connectivity index is 1.60. The number of hydrogen-bond donors (Lipinski definition) is 1. The number of thioether (sulfide) groups is 1. The van der Waals surface area contributed by atoms with Crippen molar-refractivity contribution in [1.29, 1.82) is 0 Å². The number of thiazole rings is 1. The van der Waals surface area contributed by atoms with E-state index in [0.717, 1.165) is 11.4 Å². The number of carbonyl (C=O) groups is 2. The van der Waals surface area contributed by atoms with E-state index in [4.69, 9.17) is 0 Å². The van der Waals surface area contributed by atoms with Crippen LogP contribution in [0.4, 0.5) is 5.13 Å². The first-order chi connectivity index (χ1) is 12.5. The summed E-state index contributed by atoms with van der Waals surface area (Å²) >= 11 is 2.52. The number of anilines is 1. The number of amides is 1. The molecule has 0 unspecified atom stereocenters. The van der Waals surface area contributed by atoms with Crippen LogP contribution in [-0.2, 0) is 20.7 Å². The highest BCUT2D eigenvalue weighted by atomic mass is 32.2. The molecule has 0 aliphatic rings. The minimum absolute atomic E-state index is 0.0784. The molecule has 0 saturated carbocycles. The average Bonchev–Trinajstić information content (AvgIpc) is 3.19. The summed E-state index contributed by atoms with van der Waals surface area (Å²) in [5, 5.41) is 13.6. The molecule has 136 valence electrons. The predicted octanol–water partition coefficient (Wildman–Crippen LogP) is 1.64. The number of ether oxygens (including phenoxy) is 1. The fraction of sp³-hybridized carbons (Fsp3) is 0.333. The van der Waals surface area contributed by atoms with Crippen LogP contribution >= 0.6 is 23.1 Å². The first-order valence-corrected chi connectivity index (χ1v) is 9.46.